The first kappa shape index (κ1) is 52.9. The number of carboxylic acids is 1. The maximum absolute atomic E-state index is 12.6. The van der Waals surface area contributed by atoms with Crippen LogP contribution in [0.2, 0.25) is 0 Å². The van der Waals surface area contributed by atoms with Gasteiger partial charge < -0.3 is 25.2 Å². The van der Waals surface area contributed by atoms with Crippen LogP contribution in [0.1, 0.15) is 155 Å². The Bertz CT molecular complexity index is 1230. The quantitative estimate of drug-likeness (QED) is 0.0235. The molecular weight excluding hydrogens is 733 g/mol. The van der Waals surface area contributed by atoms with Crippen LogP contribution < -0.4 is 5.73 Å². The fourth-order valence-corrected chi connectivity index (χ4v) is 5.93. The van der Waals surface area contributed by atoms with E-state index in [1.54, 1.807) is 0 Å². The lowest BCUT2D eigenvalue weighted by molar-refractivity contribution is -0.161. The number of carbonyl (C=O) groups is 3. The summed E-state index contributed by atoms with van der Waals surface area (Å²) in [6, 6.07) is -1.54. The van der Waals surface area contributed by atoms with Crippen LogP contribution in [0.15, 0.2) is 72.9 Å². The van der Waals surface area contributed by atoms with Crippen molar-refractivity contribution in [3.8, 4) is 0 Å². The molecule has 320 valence electrons. The van der Waals surface area contributed by atoms with Crippen LogP contribution >= 0.6 is 7.82 Å². The number of allylic oxidation sites excluding steroid dienone is 12. The topological polar surface area (TPSA) is 172 Å². The summed E-state index contributed by atoms with van der Waals surface area (Å²) in [6.07, 6.45) is 45.6. The molecule has 0 saturated heterocycles. The summed E-state index contributed by atoms with van der Waals surface area (Å²) in [4.78, 5) is 45.9. The molecule has 0 amide bonds. The molecule has 0 aliphatic carbocycles. The van der Waals surface area contributed by atoms with Gasteiger partial charge in [-0.25, -0.2) is 4.57 Å². The number of hydrogen-bond donors (Lipinski definition) is 3. The number of phosphoric ester groups is 1. The molecule has 0 heterocycles. The van der Waals surface area contributed by atoms with Crippen LogP contribution in [-0.2, 0) is 37.5 Å². The Hall–Kier alpha value is -3.08. The molecule has 1 unspecified atom stereocenters. The van der Waals surface area contributed by atoms with Crippen LogP contribution in [0.25, 0.3) is 0 Å². The summed E-state index contributed by atoms with van der Waals surface area (Å²) in [5.41, 5.74) is 5.32. The molecular formula is C44H74NO10P. The van der Waals surface area contributed by atoms with E-state index in [4.69, 9.17) is 24.8 Å². The van der Waals surface area contributed by atoms with Crippen LogP contribution in [-0.4, -0.2) is 59.9 Å². The minimum atomic E-state index is -4.74. The van der Waals surface area contributed by atoms with Crippen molar-refractivity contribution in [2.75, 3.05) is 19.8 Å². The van der Waals surface area contributed by atoms with Gasteiger partial charge in [0.15, 0.2) is 6.10 Å². The van der Waals surface area contributed by atoms with E-state index >= 15 is 0 Å². The maximum atomic E-state index is 12.6. The van der Waals surface area contributed by atoms with Gasteiger partial charge in [-0.3, -0.25) is 23.4 Å². The summed E-state index contributed by atoms with van der Waals surface area (Å²) in [6.45, 7) is 2.58. The number of esters is 2. The predicted molar refractivity (Wildman–Crippen MR) is 226 cm³/mol. The van der Waals surface area contributed by atoms with Gasteiger partial charge in [0.2, 0.25) is 0 Å². The monoisotopic (exact) mass is 808 g/mol. The average Bonchev–Trinajstić information content (AvgIpc) is 3.17. The maximum Gasteiger partial charge on any atom is 0.472 e. The molecule has 0 radical (unpaired) electrons. The molecule has 0 aromatic heterocycles. The molecule has 0 aliphatic heterocycles. The Balaban J connectivity index is 4.52. The molecule has 0 spiro atoms. The summed E-state index contributed by atoms with van der Waals surface area (Å²) in [7, 11) is -4.74. The van der Waals surface area contributed by atoms with Gasteiger partial charge in [0, 0.05) is 12.8 Å². The smallest absolute Gasteiger partial charge is 0.472 e. The number of rotatable bonds is 38. The van der Waals surface area contributed by atoms with E-state index in [0.717, 1.165) is 51.4 Å². The second kappa shape index (κ2) is 38.8. The van der Waals surface area contributed by atoms with Gasteiger partial charge in [0.25, 0.3) is 0 Å². The van der Waals surface area contributed by atoms with Gasteiger partial charge in [0.1, 0.15) is 12.6 Å². The fourth-order valence-electron chi connectivity index (χ4n) is 5.15. The number of nitrogens with two attached hydrogens (primary N) is 1. The van der Waals surface area contributed by atoms with E-state index < -0.39 is 51.1 Å². The predicted octanol–water partition coefficient (Wildman–Crippen LogP) is 10.9. The molecule has 0 rings (SSSR count). The molecule has 4 N–H and O–H groups in total. The van der Waals surface area contributed by atoms with Crippen molar-refractivity contribution in [1.29, 1.82) is 0 Å². The largest absolute Gasteiger partial charge is 0.480 e. The highest BCUT2D eigenvalue weighted by Gasteiger charge is 2.28. The van der Waals surface area contributed by atoms with E-state index in [9.17, 15) is 23.8 Å². The van der Waals surface area contributed by atoms with E-state index in [2.05, 4.69) is 85.2 Å². The second-order valence-electron chi connectivity index (χ2n) is 13.7. The number of phosphoric acid groups is 1. The summed E-state index contributed by atoms with van der Waals surface area (Å²) in [5.74, 6) is -2.50. The summed E-state index contributed by atoms with van der Waals surface area (Å²) >= 11 is 0. The first-order valence-corrected chi connectivity index (χ1v) is 22.5. The second-order valence-corrected chi connectivity index (χ2v) is 15.2. The average molecular weight is 808 g/mol. The number of hydrogen-bond acceptors (Lipinski definition) is 9. The third-order valence-electron chi connectivity index (χ3n) is 8.44. The Morgan fingerprint density at radius 1 is 0.571 bits per heavy atom. The van der Waals surface area contributed by atoms with Gasteiger partial charge in [-0.1, -0.05) is 138 Å². The molecule has 0 aromatic rings. The molecule has 3 atom stereocenters. The zero-order valence-electron chi connectivity index (χ0n) is 34.4. The summed E-state index contributed by atoms with van der Waals surface area (Å²) in [5, 5.41) is 8.88. The highest BCUT2D eigenvalue weighted by atomic mass is 31.2. The van der Waals surface area contributed by atoms with Crippen molar-refractivity contribution >= 4 is 25.7 Å². The highest BCUT2D eigenvalue weighted by Crippen LogP contribution is 2.43. The van der Waals surface area contributed by atoms with Crippen LogP contribution in [0.4, 0.5) is 0 Å². The van der Waals surface area contributed by atoms with Crippen molar-refractivity contribution in [3.63, 3.8) is 0 Å². The third kappa shape index (κ3) is 37.8. The van der Waals surface area contributed by atoms with Gasteiger partial charge in [-0.2, -0.15) is 0 Å². The van der Waals surface area contributed by atoms with Gasteiger partial charge >= 0.3 is 25.7 Å². The van der Waals surface area contributed by atoms with Crippen molar-refractivity contribution in [2.24, 2.45) is 5.73 Å². The molecule has 0 fully saturated rings. The number of unbranched alkanes of at least 4 members (excludes halogenated alkanes) is 12. The normalized spacial score (nSPS) is 14.5. The highest BCUT2D eigenvalue weighted by molar-refractivity contribution is 7.47. The first-order valence-electron chi connectivity index (χ1n) is 21.0. The molecule has 0 bridgehead atoms. The van der Waals surface area contributed by atoms with Crippen molar-refractivity contribution in [2.45, 2.75) is 167 Å². The van der Waals surface area contributed by atoms with E-state index in [-0.39, 0.29) is 19.4 Å². The molecule has 12 heteroatoms. The standard InChI is InChI=1S/C44H74NO10P/c1-3-5-7-9-11-13-15-17-19-20-22-23-25-27-29-31-33-35-42(46)52-37-40(38-53-56(50,51)54-39-41(45)44(48)49)55-43(47)36-34-32-30-28-26-24-21-18-16-14-12-10-8-6-4-2/h6,8,12,14,18,21-23,26-29,40-41H,3-5,7,9-11,13,15-17,19-20,24-25,30-39,45H2,1-2H3,(H,48,49)(H,50,51)/b8-6+,14-12+,21-18+,23-22+,28-26+,29-27+/t40-,41+/m1/s1. The van der Waals surface area contributed by atoms with Crippen molar-refractivity contribution in [1.82, 2.24) is 0 Å². The minimum absolute atomic E-state index is 0.0967. The number of aliphatic carboxylic acids is 1. The van der Waals surface area contributed by atoms with Gasteiger partial charge in [0.05, 0.1) is 13.2 Å². The van der Waals surface area contributed by atoms with Gasteiger partial charge in [-0.15, -0.1) is 0 Å². The Morgan fingerprint density at radius 2 is 1.02 bits per heavy atom. The van der Waals surface area contributed by atoms with E-state index in [0.29, 0.717) is 19.3 Å². The zero-order valence-corrected chi connectivity index (χ0v) is 35.3. The van der Waals surface area contributed by atoms with E-state index in [1.807, 2.05) is 6.08 Å². The Kier molecular flexibility index (Phi) is 36.6. The number of carbonyl (C=O) groups excluding carboxylic acids is 2. The van der Waals surface area contributed by atoms with Crippen LogP contribution in [0.3, 0.4) is 0 Å². The Labute approximate surface area is 338 Å². The molecule has 0 saturated carbocycles. The lowest BCUT2D eigenvalue weighted by atomic mass is 10.1. The molecule has 0 aromatic carbocycles. The SMILES string of the molecule is CC/C=C/C/C=C/C/C=C/C/C=C/CCCCC(=O)O[C@H](COC(=O)CCC/C=C/C/C=C/CCCCCCCCCCC)COP(=O)(O)OC[C@H](N)C(=O)O. The van der Waals surface area contributed by atoms with Crippen LogP contribution in [0.5, 0.6) is 0 Å². The van der Waals surface area contributed by atoms with E-state index in [1.165, 1.54) is 57.8 Å². The first-order chi connectivity index (χ1) is 27.1. The van der Waals surface area contributed by atoms with Crippen molar-refractivity contribution in [3.05, 3.63) is 72.9 Å². The third-order valence-corrected chi connectivity index (χ3v) is 9.39. The number of carboxylic acid groups (broad SMARTS) is 1. The number of ether oxygens (including phenoxy) is 2. The van der Waals surface area contributed by atoms with Crippen molar-refractivity contribution < 1.29 is 47.5 Å². The van der Waals surface area contributed by atoms with Crippen LogP contribution in [0, 0.1) is 0 Å². The molecule has 56 heavy (non-hydrogen) atoms. The van der Waals surface area contributed by atoms with Gasteiger partial charge in [-0.05, 0) is 77.0 Å². The lowest BCUT2D eigenvalue weighted by Gasteiger charge is -2.20. The molecule has 0 aliphatic rings. The zero-order chi connectivity index (χ0) is 41.4. The molecule has 11 nitrogen and oxygen atoms in total. The Morgan fingerprint density at radius 3 is 1.55 bits per heavy atom. The lowest BCUT2D eigenvalue weighted by Crippen LogP contribution is -2.34. The minimum Gasteiger partial charge on any atom is -0.480 e. The fraction of sp³-hybridized carbons (Fsp3) is 0.659. The summed E-state index contributed by atoms with van der Waals surface area (Å²) < 4.78 is 32.5.